The van der Waals surface area contributed by atoms with E-state index in [0.717, 1.165) is 11.3 Å². The molecule has 8 nitrogen and oxygen atoms in total. The van der Waals surface area contributed by atoms with E-state index in [1.54, 1.807) is 14.0 Å². The topological polar surface area (TPSA) is 106 Å². The number of nitrogens with zero attached hydrogens (tertiary/aromatic N) is 1. The molecule has 9 heteroatoms. The average Bonchev–Trinajstić information content (AvgIpc) is 2.64. The number of hydrogen-bond acceptors (Lipinski definition) is 5. The number of hydrazine groups is 1. The molecule has 0 bridgehead atoms. The minimum atomic E-state index is -0.493. The molecule has 0 atom stereocenters. The second-order valence-electron chi connectivity index (χ2n) is 5.37. The number of ether oxygens (including phenoxy) is 1. The summed E-state index contributed by atoms with van der Waals surface area (Å²) in [4.78, 5) is 22.4. The number of nitro benzene ring substituents is 1. The molecule has 2 rings (SSSR count). The molecule has 136 valence electrons. The molecule has 0 aliphatic heterocycles. The van der Waals surface area contributed by atoms with Gasteiger partial charge < -0.3 is 10.1 Å². The Hall–Kier alpha value is -3.20. The zero-order valence-corrected chi connectivity index (χ0v) is 15.1. The summed E-state index contributed by atoms with van der Waals surface area (Å²) in [6, 6.07) is 11.6. The molecule has 0 aromatic heterocycles. The minimum Gasteiger partial charge on any atom is -0.497 e. The summed E-state index contributed by atoms with van der Waals surface area (Å²) in [7, 11) is 1.60. The van der Waals surface area contributed by atoms with Gasteiger partial charge in [0, 0.05) is 23.7 Å². The molecule has 0 spiro atoms. The fourth-order valence-corrected chi connectivity index (χ4v) is 2.28. The van der Waals surface area contributed by atoms with Gasteiger partial charge in [0.1, 0.15) is 5.75 Å². The number of nitrogens with one attached hydrogen (secondary N) is 3. The van der Waals surface area contributed by atoms with E-state index in [4.69, 9.17) is 17.0 Å². The van der Waals surface area contributed by atoms with Gasteiger partial charge in [-0.15, -0.1) is 0 Å². The Balaban J connectivity index is 1.83. The predicted octanol–water partition coefficient (Wildman–Crippen LogP) is 2.22. The third-order valence-electron chi connectivity index (χ3n) is 3.56. The van der Waals surface area contributed by atoms with Crippen LogP contribution in [0.25, 0.3) is 0 Å². The maximum Gasteiger partial charge on any atom is 0.272 e. The summed E-state index contributed by atoms with van der Waals surface area (Å²) < 4.78 is 5.09. The molecule has 0 saturated heterocycles. The molecular weight excluding hydrogens is 356 g/mol. The standard InChI is InChI=1S/C17H18N4O4S/c1-11-9-13(5-8-15(11)21(23)24)16(22)19-20-17(26)18-10-12-3-6-14(25-2)7-4-12/h3-9H,10H2,1-2H3,(H,19,22)(H2,18,20,26). The first kappa shape index (κ1) is 19.1. The van der Waals surface area contributed by atoms with Crippen LogP contribution in [0.2, 0.25) is 0 Å². The highest BCUT2D eigenvalue weighted by Crippen LogP contribution is 2.18. The summed E-state index contributed by atoms with van der Waals surface area (Å²) >= 11 is 5.10. The van der Waals surface area contributed by atoms with Gasteiger partial charge in [-0.2, -0.15) is 0 Å². The van der Waals surface area contributed by atoms with Crippen molar-refractivity contribution in [2.75, 3.05) is 7.11 Å². The monoisotopic (exact) mass is 374 g/mol. The molecule has 1 amide bonds. The van der Waals surface area contributed by atoms with Crippen molar-refractivity contribution < 1.29 is 14.5 Å². The Morgan fingerprint density at radius 1 is 1.19 bits per heavy atom. The van der Waals surface area contributed by atoms with E-state index in [-0.39, 0.29) is 10.8 Å². The molecule has 2 aromatic rings. The van der Waals surface area contributed by atoms with Gasteiger partial charge in [0.25, 0.3) is 11.6 Å². The van der Waals surface area contributed by atoms with Gasteiger partial charge >= 0.3 is 0 Å². The largest absolute Gasteiger partial charge is 0.497 e. The Morgan fingerprint density at radius 2 is 1.88 bits per heavy atom. The lowest BCUT2D eigenvalue weighted by atomic mass is 10.1. The molecular formula is C17H18N4O4S. The van der Waals surface area contributed by atoms with Gasteiger partial charge in [-0.25, -0.2) is 0 Å². The normalized spacial score (nSPS) is 9.92. The van der Waals surface area contributed by atoms with Crippen molar-refractivity contribution in [1.82, 2.24) is 16.2 Å². The fraction of sp³-hybridized carbons (Fsp3) is 0.176. The van der Waals surface area contributed by atoms with Crippen molar-refractivity contribution in [1.29, 1.82) is 0 Å². The number of hydrogen-bond donors (Lipinski definition) is 3. The summed E-state index contributed by atoms with van der Waals surface area (Å²) in [5.41, 5.74) is 6.69. The van der Waals surface area contributed by atoms with Crippen LogP contribution in [0, 0.1) is 17.0 Å². The SMILES string of the molecule is COc1ccc(CNC(=S)NNC(=O)c2ccc([N+](=O)[O-])c(C)c2)cc1. The lowest BCUT2D eigenvalue weighted by Crippen LogP contribution is -2.46. The Kier molecular flexibility index (Phi) is 6.45. The van der Waals surface area contributed by atoms with Gasteiger partial charge in [0.15, 0.2) is 5.11 Å². The van der Waals surface area contributed by atoms with Crippen molar-refractivity contribution in [3.63, 3.8) is 0 Å². The Bertz CT molecular complexity index is 824. The summed E-state index contributed by atoms with van der Waals surface area (Å²) in [5.74, 6) is 0.316. The molecule has 0 aliphatic rings. The summed E-state index contributed by atoms with van der Waals surface area (Å²) in [5, 5.41) is 14.0. The number of benzene rings is 2. The number of amides is 1. The highest BCUT2D eigenvalue weighted by molar-refractivity contribution is 7.80. The number of rotatable bonds is 5. The highest BCUT2D eigenvalue weighted by Gasteiger charge is 2.13. The summed E-state index contributed by atoms with van der Waals surface area (Å²) in [6.07, 6.45) is 0. The van der Waals surface area contributed by atoms with Crippen LogP contribution in [0.5, 0.6) is 5.75 Å². The van der Waals surface area contributed by atoms with Crippen LogP contribution in [-0.2, 0) is 6.54 Å². The zero-order chi connectivity index (χ0) is 19.1. The van der Waals surface area contributed by atoms with Gasteiger partial charge in [0.05, 0.1) is 12.0 Å². The number of carbonyl (C=O) groups excluding carboxylic acids is 1. The Morgan fingerprint density at radius 3 is 2.46 bits per heavy atom. The maximum absolute atomic E-state index is 12.1. The lowest BCUT2D eigenvalue weighted by Gasteiger charge is -2.12. The minimum absolute atomic E-state index is 0.0359. The average molecular weight is 374 g/mol. The molecule has 26 heavy (non-hydrogen) atoms. The molecule has 0 saturated carbocycles. The van der Waals surface area contributed by atoms with Crippen molar-refractivity contribution in [2.45, 2.75) is 13.5 Å². The maximum atomic E-state index is 12.1. The number of aryl methyl sites for hydroxylation is 1. The number of thiocarbonyl (C=S) groups is 1. The van der Waals surface area contributed by atoms with E-state index in [1.807, 2.05) is 24.3 Å². The van der Waals surface area contributed by atoms with E-state index < -0.39 is 10.8 Å². The van der Waals surface area contributed by atoms with Crippen LogP contribution in [0.3, 0.4) is 0 Å². The Labute approximate surface area is 155 Å². The van der Waals surface area contributed by atoms with Crippen molar-refractivity contribution in [3.05, 3.63) is 69.3 Å². The molecule has 0 radical (unpaired) electrons. The third-order valence-corrected chi connectivity index (χ3v) is 3.80. The van der Waals surface area contributed by atoms with E-state index in [2.05, 4.69) is 16.2 Å². The molecule has 0 unspecified atom stereocenters. The molecule has 3 N–H and O–H groups in total. The molecule has 0 aliphatic carbocycles. The van der Waals surface area contributed by atoms with Crippen molar-refractivity contribution >= 4 is 28.9 Å². The predicted molar refractivity (Wildman–Crippen MR) is 101 cm³/mol. The van der Waals surface area contributed by atoms with Gasteiger partial charge in [-0.1, -0.05) is 12.1 Å². The van der Waals surface area contributed by atoms with Crippen LogP contribution in [-0.4, -0.2) is 23.1 Å². The smallest absolute Gasteiger partial charge is 0.272 e. The van der Waals surface area contributed by atoms with Gasteiger partial charge in [-0.05, 0) is 49.0 Å². The van der Waals surface area contributed by atoms with E-state index in [9.17, 15) is 14.9 Å². The first-order valence-electron chi connectivity index (χ1n) is 7.63. The first-order valence-corrected chi connectivity index (χ1v) is 8.03. The quantitative estimate of drug-likeness (QED) is 0.419. The van der Waals surface area contributed by atoms with Crippen LogP contribution < -0.4 is 20.9 Å². The van der Waals surface area contributed by atoms with Crippen LogP contribution in [0.15, 0.2) is 42.5 Å². The third kappa shape index (κ3) is 5.15. The lowest BCUT2D eigenvalue weighted by molar-refractivity contribution is -0.385. The van der Waals surface area contributed by atoms with Gasteiger partial charge in [0.2, 0.25) is 0 Å². The second kappa shape index (κ2) is 8.77. The molecule has 0 heterocycles. The van der Waals surface area contributed by atoms with E-state index >= 15 is 0 Å². The number of carbonyl (C=O) groups is 1. The highest BCUT2D eigenvalue weighted by atomic mass is 32.1. The zero-order valence-electron chi connectivity index (χ0n) is 14.2. The fourth-order valence-electron chi connectivity index (χ4n) is 2.16. The number of methoxy groups -OCH3 is 1. The van der Waals surface area contributed by atoms with Crippen molar-refractivity contribution in [3.8, 4) is 5.75 Å². The molecule has 0 fully saturated rings. The molecule has 2 aromatic carbocycles. The summed E-state index contributed by atoms with van der Waals surface area (Å²) in [6.45, 7) is 2.05. The van der Waals surface area contributed by atoms with Crippen LogP contribution >= 0.6 is 12.2 Å². The van der Waals surface area contributed by atoms with Crippen LogP contribution in [0.4, 0.5) is 5.69 Å². The van der Waals surface area contributed by atoms with E-state index in [0.29, 0.717) is 17.7 Å². The second-order valence-corrected chi connectivity index (χ2v) is 5.78. The van der Waals surface area contributed by atoms with Gasteiger partial charge in [-0.3, -0.25) is 25.8 Å². The van der Waals surface area contributed by atoms with Crippen LogP contribution in [0.1, 0.15) is 21.5 Å². The van der Waals surface area contributed by atoms with Crippen molar-refractivity contribution in [2.24, 2.45) is 0 Å². The van der Waals surface area contributed by atoms with E-state index in [1.165, 1.54) is 18.2 Å². The first-order chi connectivity index (χ1) is 12.4. The number of nitro groups is 1.